The number of hydrogen-bond acceptors (Lipinski definition) is 3. The predicted molar refractivity (Wildman–Crippen MR) is 155 cm³/mol. The highest BCUT2D eigenvalue weighted by molar-refractivity contribution is 7.70. The van der Waals surface area contributed by atoms with Gasteiger partial charge in [0.1, 0.15) is 0 Å². The second-order valence-electron chi connectivity index (χ2n) is 9.58. The Morgan fingerprint density at radius 2 is 1.38 bits per heavy atom. The average Bonchev–Trinajstić information content (AvgIpc) is 3.30. The standard InChI is InChI=1S/C31H27N3O2S/c1-20(2)29-19-34(25-14-12-24(13-15-25)32-33-37(35)36)30-18-23(11-16-28(29)30)31-26-9-5-3-7-21(26)17-22-8-4-6-10-27(22)31/h3-20,32,37H,1-2H3,(H,33,35,36). The van der Waals surface area contributed by atoms with Crippen LogP contribution < -0.4 is 10.3 Å². The van der Waals surface area contributed by atoms with Crippen LogP contribution in [0.15, 0.2) is 103 Å². The summed E-state index contributed by atoms with van der Waals surface area (Å²) in [6, 6.07) is 33.9. The SMILES string of the molecule is CC(C)c1cn(-c2ccc(NN[SH](=O)=O)cc2)c2cc(-c3c4ccccc4cc4ccccc34)ccc12. The quantitative estimate of drug-likeness (QED) is 0.128. The summed E-state index contributed by atoms with van der Waals surface area (Å²) < 4.78 is 23.9. The van der Waals surface area contributed by atoms with Gasteiger partial charge >= 0.3 is 0 Å². The molecule has 0 unspecified atom stereocenters. The fourth-order valence-corrected chi connectivity index (χ4v) is 5.44. The summed E-state index contributed by atoms with van der Waals surface area (Å²) in [6.07, 6.45) is 2.22. The number of aromatic nitrogens is 1. The highest BCUT2D eigenvalue weighted by atomic mass is 32.2. The van der Waals surface area contributed by atoms with Crippen molar-refractivity contribution < 1.29 is 8.42 Å². The molecule has 0 amide bonds. The van der Waals surface area contributed by atoms with E-state index >= 15 is 0 Å². The first-order chi connectivity index (χ1) is 18.0. The zero-order chi connectivity index (χ0) is 25.5. The van der Waals surface area contributed by atoms with E-state index in [4.69, 9.17) is 0 Å². The number of nitrogens with zero attached hydrogens (tertiary/aromatic N) is 1. The summed E-state index contributed by atoms with van der Waals surface area (Å²) in [5, 5.41) is 6.16. The molecule has 0 bridgehead atoms. The molecule has 6 heteroatoms. The van der Waals surface area contributed by atoms with Crippen molar-refractivity contribution in [2.24, 2.45) is 0 Å². The number of benzene rings is 5. The maximum Gasteiger partial charge on any atom is 0.218 e. The van der Waals surface area contributed by atoms with Gasteiger partial charge in [0.25, 0.3) is 0 Å². The number of nitrogens with one attached hydrogen (secondary N) is 2. The number of thiol groups is 1. The molecule has 0 aliphatic heterocycles. The summed E-state index contributed by atoms with van der Waals surface area (Å²) >= 11 is 0. The van der Waals surface area contributed by atoms with Crippen molar-refractivity contribution in [3.8, 4) is 16.8 Å². The van der Waals surface area contributed by atoms with Gasteiger partial charge < -0.3 is 9.99 Å². The van der Waals surface area contributed by atoms with E-state index in [0.29, 0.717) is 11.6 Å². The molecule has 0 fully saturated rings. The Morgan fingerprint density at radius 3 is 2.00 bits per heavy atom. The van der Waals surface area contributed by atoms with Crippen LogP contribution >= 0.6 is 0 Å². The molecule has 0 saturated carbocycles. The first-order valence-corrected chi connectivity index (χ1v) is 13.5. The lowest BCUT2D eigenvalue weighted by Gasteiger charge is -2.13. The summed E-state index contributed by atoms with van der Waals surface area (Å²) in [6.45, 7) is 4.43. The van der Waals surface area contributed by atoms with Gasteiger partial charge in [0.15, 0.2) is 0 Å². The summed E-state index contributed by atoms with van der Waals surface area (Å²) in [4.78, 5) is 2.22. The largest absolute Gasteiger partial charge is 0.316 e. The molecule has 184 valence electrons. The fraction of sp³-hybridized carbons (Fsp3) is 0.0968. The Kier molecular flexibility index (Phi) is 5.91. The smallest absolute Gasteiger partial charge is 0.218 e. The molecule has 1 aromatic heterocycles. The van der Waals surface area contributed by atoms with Crippen LogP contribution in [0.4, 0.5) is 5.69 Å². The Labute approximate surface area is 217 Å². The monoisotopic (exact) mass is 505 g/mol. The molecule has 1 heterocycles. The van der Waals surface area contributed by atoms with Crippen molar-refractivity contribution in [3.63, 3.8) is 0 Å². The number of hydrogen-bond donors (Lipinski definition) is 3. The molecule has 0 spiro atoms. The maximum atomic E-state index is 10.8. The molecular formula is C31H27N3O2S. The van der Waals surface area contributed by atoms with Crippen LogP contribution in [-0.2, 0) is 10.9 Å². The van der Waals surface area contributed by atoms with Crippen molar-refractivity contribution in [1.29, 1.82) is 0 Å². The van der Waals surface area contributed by atoms with E-state index in [1.807, 2.05) is 24.3 Å². The first kappa shape index (κ1) is 23.3. The third-order valence-electron chi connectivity index (χ3n) is 6.96. The van der Waals surface area contributed by atoms with Crippen LogP contribution in [0, 0.1) is 0 Å². The van der Waals surface area contributed by atoms with E-state index in [9.17, 15) is 8.42 Å². The highest BCUT2D eigenvalue weighted by Crippen LogP contribution is 2.39. The van der Waals surface area contributed by atoms with Gasteiger partial charge in [-0.05, 0) is 80.6 Å². The van der Waals surface area contributed by atoms with Gasteiger partial charge in [-0.15, -0.1) is 4.83 Å². The van der Waals surface area contributed by atoms with Crippen molar-refractivity contribution in [2.75, 3.05) is 5.43 Å². The summed E-state index contributed by atoms with van der Waals surface area (Å²) in [5.41, 5.74) is 9.22. The van der Waals surface area contributed by atoms with Crippen LogP contribution in [0.1, 0.15) is 25.3 Å². The number of fused-ring (bicyclic) bond motifs is 3. The van der Waals surface area contributed by atoms with E-state index in [-0.39, 0.29) is 0 Å². The van der Waals surface area contributed by atoms with Gasteiger partial charge in [0.2, 0.25) is 10.9 Å². The van der Waals surface area contributed by atoms with Gasteiger partial charge in [-0.25, -0.2) is 8.42 Å². The number of anilines is 1. The van der Waals surface area contributed by atoms with Crippen LogP contribution in [-0.4, -0.2) is 13.0 Å². The minimum absolute atomic E-state index is 0.367. The van der Waals surface area contributed by atoms with E-state index in [0.717, 1.165) is 11.2 Å². The molecule has 0 atom stereocenters. The van der Waals surface area contributed by atoms with Gasteiger partial charge in [-0.1, -0.05) is 74.5 Å². The molecular weight excluding hydrogens is 478 g/mol. The maximum absolute atomic E-state index is 10.8. The molecule has 5 aromatic carbocycles. The lowest BCUT2D eigenvalue weighted by molar-refractivity contribution is 0.607. The minimum atomic E-state index is -2.72. The molecule has 5 nitrogen and oxygen atoms in total. The molecule has 0 saturated heterocycles. The third-order valence-corrected chi connectivity index (χ3v) is 7.25. The number of hydrazine groups is 1. The normalized spacial score (nSPS) is 11.8. The van der Waals surface area contributed by atoms with Crippen LogP contribution in [0.25, 0.3) is 49.3 Å². The van der Waals surface area contributed by atoms with Gasteiger partial charge in [0.05, 0.1) is 5.52 Å². The zero-order valence-electron chi connectivity index (χ0n) is 20.6. The van der Waals surface area contributed by atoms with Gasteiger partial charge in [-0.3, -0.25) is 0 Å². The molecule has 6 aromatic rings. The van der Waals surface area contributed by atoms with Gasteiger partial charge in [-0.2, -0.15) is 0 Å². The number of rotatable bonds is 6. The van der Waals surface area contributed by atoms with E-state index in [1.165, 1.54) is 43.6 Å². The van der Waals surface area contributed by atoms with Gasteiger partial charge in [0, 0.05) is 23.0 Å². The van der Waals surface area contributed by atoms with E-state index < -0.39 is 10.9 Å². The molecule has 2 N–H and O–H groups in total. The highest BCUT2D eigenvalue weighted by Gasteiger charge is 2.16. The zero-order valence-corrected chi connectivity index (χ0v) is 21.5. The fourth-order valence-electron chi connectivity index (χ4n) is 5.22. The summed E-state index contributed by atoms with van der Waals surface area (Å²) in [5.74, 6) is 0.367. The minimum Gasteiger partial charge on any atom is -0.316 e. The second kappa shape index (κ2) is 9.39. The summed E-state index contributed by atoms with van der Waals surface area (Å²) in [7, 11) is -2.72. The first-order valence-electron chi connectivity index (χ1n) is 12.3. The van der Waals surface area contributed by atoms with Crippen LogP contribution in [0.2, 0.25) is 0 Å². The Morgan fingerprint density at radius 1 is 0.730 bits per heavy atom. The Hall–Kier alpha value is -4.13. The molecule has 6 rings (SSSR count). The second-order valence-corrected chi connectivity index (χ2v) is 10.3. The topological polar surface area (TPSA) is 63.1 Å². The molecule has 37 heavy (non-hydrogen) atoms. The van der Waals surface area contributed by atoms with Crippen LogP contribution in [0.3, 0.4) is 0 Å². The molecule has 0 aliphatic carbocycles. The lowest BCUT2D eigenvalue weighted by Crippen LogP contribution is -2.18. The van der Waals surface area contributed by atoms with Crippen molar-refractivity contribution in [1.82, 2.24) is 9.40 Å². The Balaban J connectivity index is 1.56. The molecule has 0 aliphatic rings. The van der Waals surface area contributed by atoms with E-state index in [2.05, 4.69) is 108 Å². The van der Waals surface area contributed by atoms with Crippen molar-refractivity contribution in [2.45, 2.75) is 19.8 Å². The Bertz CT molecular complexity index is 1790. The molecule has 0 radical (unpaired) electrons. The van der Waals surface area contributed by atoms with E-state index in [1.54, 1.807) is 0 Å². The predicted octanol–water partition coefficient (Wildman–Crippen LogP) is 7.17. The van der Waals surface area contributed by atoms with Crippen molar-refractivity contribution in [3.05, 3.63) is 109 Å². The lowest BCUT2D eigenvalue weighted by atomic mass is 9.91. The van der Waals surface area contributed by atoms with Crippen molar-refractivity contribution >= 4 is 49.0 Å². The average molecular weight is 506 g/mol. The van der Waals surface area contributed by atoms with Crippen LogP contribution in [0.5, 0.6) is 0 Å². The third kappa shape index (κ3) is 4.24.